The molecule has 1 aromatic carbocycles. The number of nitrogens with one attached hydrogen (secondary N) is 1. The van der Waals surface area contributed by atoms with Gasteiger partial charge in [-0.1, -0.05) is 29.9 Å². The lowest BCUT2D eigenvalue weighted by Crippen LogP contribution is -2.14. The second kappa shape index (κ2) is 6.50. The number of benzene rings is 1. The van der Waals surface area contributed by atoms with Gasteiger partial charge in [0.25, 0.3) is 0 Å². The first-order valence-electron chi connectivity index (χ1n) is 5.90. The Hall–Kier alpha value is -1.65. The minimum Gasteiger partial charge on any atom is -0.389 e. The lowest BCUT2D eigenvalue weighted by Gasteiger charge is -2.11. The van der Waals surface area contributed by atoms with Gasteiger partial charge in [0, 0.05) is 41.1 Å². The molecule has 0 unspecified atom stereocenters. The minimum atomic E-state index is 0.336. The highest BCUT2D eigenvalue weighted by Gasteiger charge is 2.05. The van der Waals surface area contributed by atoms with Crippen LogP contribution in [0.2, 0.25) is 5.02 Å². The molecule has 0 spiro atoms. The maximum absolute atomic E-state index is 5.94. The molecular formula is C14H14ClN3S. The van der Waals surface area contributed by atoms with Crippen molar-refractivity contribution >= 4 is 34.5 Å². The molecule has 0 amide bonds. The van der Waals surface area contributed by atoms with Crippen LogP contribution in [0.3, 0.4) is 0 Å². The zero-order chi connectivity index (χ0) is 13.7. The fourth-order valence-corrected chi connectivity index (χ4v) is 2.09. The number of hydrogen-bond acceptors (Lipinski definition) is 3. The van der Waals surface area contributed by atoms with Crippen LogP contribution in [0, 0.1) is 0 Å². The number of anilines is 1. The van der Waals surface area contributed by atoms with Gasteiger partial charge in [-0.3, -0.25) is 4.98 Å². The third-order valence-corrected chi connectivity index (χ3v) is 3.12. The number of halogens is 1. The van der Waals surface area contributed by atoms with Crippen LogP contribution < -0.4 is 11.1 Å². The Kier molecular flexibility index (Phi) is 4.71. The average molecular weight is 292 g/mol. The average Bonchev–Trinajstić information content (AvgIpc) is 2.41. The van der Waals surface area contributed by atoms with E-state index in [2.05, 4.69) is 10.3 Å². The Bertz CT molecular complexity index is 572. The highest BCUT2D eigenvalue weighted by Crippen LogP contribution is 2.20. The molecule has 0 bridgehead atoms. The Balaban J connectivity index is 2.02. The number of rotatable bonds is 5. The van der Waals surface area contributed by atoms with E-state index in [1.165, 1.54) is 0 Å². The quantitative estimate of drug-likeness (QED) is 0.832. The van der Waals surface area contributed by atoms with E-state index in [1.807, 2.05) is 30.3 Å². The number of aromatic nitrogens is 1. The summed E-state index contributed by atoms with van der Waals surface area (Å²) in [5.74, 6) is 0. The lowest BCUT2D eigenvalue weighted by atomic mass is 10.1. The fourth-order valence-electron chi connectivity index (χ4n) is 1.75. The van der Waals surface area contributed by atoms with Crippen LogP contribution in [-0.2, 0) is 6.42 Å². The Morgan fingerprint density at radius 1 is 1.32 bits per heavy atom. The van der Waals surface area contributed by atoms with Gasteiger partial charge in [-0.25, -0.2) is 0 Å². The molecule has 0 aliphatic rings. The minimum absolute atomic E-state index is 0.336. The summed E-state index contributed by atoms with van der Waals surface area (Å²) in [6, 6.07) is 11.3. The van der Waals surface area contributed by atoms with E-state index in [4.69, 9.17) is 29.6 Å². The smallest absolute Gasteiger partial charge is 0.106 e. The second-order valence-corrected chi connectivity index (χ2v) is 4.93. The molecule has 1 aromatic heterocycles. The Morgan fingerprint density at radius 3 is 2.84 bits per heavy atom. The maximum Gasteiger partial charge on any atom is 0.106 e. The third-order valence-electron chi connectivity index (χ3n) is 2.67. The van der Waals surface area contributed by atoms with Gasteiger partial charge >= 0.3 is 0 Å². The monoisotopic (exact) mass is 291 g/mol. The highest BCUT2D eigenvalue weighted by molar-refractivity contribution is 7.80. The molecule has 3 nitrogen and oxygen atoms in total. The zero-order valence-electron chi connectivity index (χ0n) is 10.3. The van der Waals surface area contributed by atoms with E-state index in [-0.39, 0.29) is 0 Å². The third kappa shape index (κ3) is 3.91. The number of nitrogens with zero attached hydrogens (tertiary/aromatic N) is 1. The Morgan fingerprint density at radius 2 is 2.16 bits per heavy atom. The van der Waals surface area contributed by atoms with Gasteiger partial charge in [0.05, 0.1) is 0 Å². The molecule has 2 aromatic rings. The van der Waals surface area contributed by atoms with Crippen LogP contribution in [-0.4, -0.2) is 16.5 Å². The van der Waals surface area contributed by atoms with E-state index in [1.54, 1.807) is 12.3 Å². The second-order valence-electron chi connectivity index (χ2n) is 4.05. The van der Waals surface area contributed by atoms with Crippen molar-refractivity contribution < 1.29 is 0 Å². The molecule has 5 heteroatoms. The predicted molar refractivity (Wildman–Crippen MR) is 83.8 cm³/mol. The molecule has 0 aliphatic heterocycles. The summed E-state index contributed by atoms with van der Waals surface area (Å²) in [7, 11) is 0. The van der Waals surface area contributed by atoms with E-state index in [9.17, 15) is 0 Å². The SMILES string of the molecule is NC(=S)c1cc(Cl)ccc1NCCc1ccccn1. The molecule has 3 N–H and O–H groups in total. The summed E-state index contributed by atoms with van der Waals surface area (Å²) in [6.45, 7) is 0.758. The predicted octanol–water partition coefficient (Wildman–Crippen LogP) is 3.02. The molecular weight excluding hydrogens is 278 g/mol. The van der Waals surface area contributed by atoms with Crippen molar-refractivity contribution in [3.63, 3.8) is 0 Å². The molecule has 98 valence electrons. The van der Waals surface area contributed by atoms with Crippen molar-refractivity contribution in [3.05, 3.63) is 58.9 Å². The summed E-state index contributed by atoms with van der Waals surface area (Å²) < 4.78 is 0. The first-order chi connectivity index (χ1) is 9.16. The van der Waals surface area contributed by atoms with Gasteiger partial charge in [0.15, 0.2) is 0 Å². The Labute approximate surface area is 122 Å². The van der Waals surface area contributed by atoms with Gasteiger partial charge < -0.3 is 11.1 Å². The standard InChI is InChI=1S/C14H14ClN3S/c15-10-4-5-13(12(9-10)14(16)19)18-8-6-11-3-1-2-7-17-11/h1-5,7,9,18H,6,8H2,(H2,16,19). The van der Waals surface area contributed by atoms with Crippen LogP contribution in [0.15, 0.2) is 42.6 Å². The van der Waals surface area contributed by atoms with Crippen molar-refractivity contribution in [1.82, 2.24) is 4.98 Å². The summed E-state index contributed by atoms with van der Waals surface area (Å²) >= 11 is 11.0. The first kappa shape index (κ1) is 13.8. The van der Waals surface area contributed by atoms with E-state index in [0.29, 0.717) is 10.0 Å². The summed E-state index contributed by atoms with van der Waals surface area (Å²) in [5, 5.41) is 3.93. The molecule has 19 heavy (non-hydrogen) atoms. The van der Waals surface area contributed by atoms with E-state index in [0.717, 1.165) is 29.9 Å². The molecule has 0 saturated carbocycles. The highest BCUT2D eigenvalue weighted by atomic mass is 35.5. The van der Waals surface area contributed by atoms with Crippen LogP contribution in [0.5, 0.6) is 0 Å². The molecule has 0 radical (unpaired) electrons. The van der Waals surface area contributed by atoms with Gasteiger partial charge in [-0.15, -0.1) is 0 Å². The van der Waals surface area contributed by atoms with E-state index < -0.39 is 0 Å². The summed E-state index contributed by atoms with van der Waals surface area (Å²) in [5.41, 5.74) is 8.39. The largest absolute Gasteiger partial charge is 0.389 e. The van der Waals surface area contributed by atoms with Gasteiger partial charge in [-0.2, -0.15) is 0 Å². The lowest BCUT2D eigenvalue weighted by molar-refractivity contribution is 0.961. The van der Waals surface area contributed by atoms with Crippen molar-refractivity contribution in [2.45, 2.75) is 6.42 Å². The summed E-state index contributed by atoms with van der Waals surface area (Å²) in [6.07, 6.45) is 2.62. The van der Waals surface area contributed by atoms with Crippen LogP contribution in [0.1, 0.15) is 11.3 Å². The van der Waals surface area contributed by atoms with Crippen molar-refractivity contribution in [2.75, 3.05) is 11.9 Å². The number of nitrogens with two attached hydrogens (primary N) is 1. The molecule has 0 aliphatic carbocycles. The zero-order valence-corrected chi connectivity index (χ0v) is 11.8. The van der Waals surface area contributed by atoms with Crippen LogP contribution in [0.4, 0.5) is 5.69 Å². The van der Waals surface area contributed by atoms with Gasteiger partial charge in [0.1, 0.15) is 4.99 Å². The van der Waals surface area contributed by atoms with Crippen molar-refractivity contribution in [2.24, 2.45) is 5.73 Å². The van der Waals surface area contributed by atoms with E-state index >= 15 is 0 Å². The molecule has 1 heterocycles. The molecule has 0 atom stereocenters. The molecule has 0 saturated heterocycles. The topological polar surface area (TPSA) is 50.9 Å². The van der Waals surface area contributed by atoms with Crippen LogP contribution >= 0.6 is 23.8 Å². The number of hydrogen-bond donors (Lipinski definition) is 2. The fraction of sp³-hybridized carbons (Fsp3) is 0.143. The van der Waals surface area contributed by atoms with Crippen LogP contribution in [0.25, 0.3) is 0 Å². The first-order valence-corrected chi connectivity index (χ1v) is 6.68. The number of thiocarbonyl (C=S) groups is 1. The van der Waals surface area contributed by atoms with Gasteiger partial charge in [0.2, 0.25) is 0 Å². The molecule has 2 rings (SSSR count). The maximum atomic E-state index is 5.94. The molecule has 0 fully saturated rings. The number of pyridine rings is 1. The summed E-state index contributed by atoms with van der Waals surface area (Å²) in [4.78, 5) is 4.61. The van der Waals surface area contributed by atoms with Crippen molar-refractivity contribution in [1.29, 1.82) is 0 Å². The van der Waals surface area contributed by atoms with Gasteiger partial charge in [-0.05, 0) is 30.3 Å². The van der Waals surface area contributed by atoms with Crippen molar-refractivity contribution in [3.8, 4) is 0 Å². The normalized spacial score (nSPS) is 10.2.